The minimum absolute atomic E-state index is 0. The van der Waals surface area contributed by atoms with Crippen molar-refractivity contribution in [2.24, 2.45) is 0 Å². The summed E-state index contributed by atoms with van der Waals surface area (Å²) < 4.78 is 0. The molecule has 0 saturated heterocycles. The van der Waals surface area contributed by atoms with Gasteiger partial charge in [-0.2, -0.15) is 0 Å². The van der Waals surface area contributed by atoms with Crippen LogP contribution in [0.15, 0.2) is 0 Å². The van der Waals surface area contributed by atoms with Crippen LogP contribution in [-0.2, 0) is 0 Å². The third-order valence-electron chi connectivity index (χ3n) is 0. The van der Waals surface area contributed by atoms with E-state index in [2.05, 4.69) is 0 Å². The van der Waals surface area contributed by atoms with Crippen molar-refractivity contribution in [1.82, 2.24) is 0 Å². The first-order valence-electron chi connectivity index (χ1n) is 0. The van der Waals surface area contributed by atoms with E-state index in [4.69, 9.17) is 0 Å². The number of hydrogen-bond donors (Lipinski definition) is 0. The van der Waals surface area contributed by atoms with Crippen molar-refractivity contribution in [2.75, 3.05) is 0 Å². The van der Waals surface area contributed by atoms with Crippen LogP contribution in [0.3, 0.4) is 0 Å². The van der Waals surface area contributed by atoms with Gasteiger partial charge in [0.05, 0.1) is 0 Å². The molecular formula is H9Cl2NaO4. The van der Waals surface area contributed by atoms with Crippen LogP contribution in [0, 0.1) is 0 Å². The third kappa shape index (κ3) is 108. The van der Waals surface area contributed by atoms with Gasteiger partial charge in [0, 0.05) is 0 Å². The standard InChI is InChI=1S/2ClH.Na.4H2O/h2*1H;;4*1H2/q;;+1;;;;/p-1. The van der Waals surface area contributed by atoms with Gasteiger partial charge in [0.1, 0.15) is 0 Å². The van der Waals surface area contributed by atoms with Gasteiger partial charge in [-0.15, -0.1) is 12.4 Å². The molecule has 0 spiro atoms. The van der Waals surface area contributed by atoms with Crippen molar-refractivity contribution < 1.29 is 63.9 Å². The van der Waals surface area contributed by atoms with Crippen molar-refractivity contribution in [2.45, 2.75) is 0 Å². The zero-order valence-corrected chi connectivity index (χ0v) is 7.36. The van der Waals surface area contributed by atoms with E-state index in [0.29, 0.717) is 0 Å². The van der Waals surface area contributed by atoms with Gasteiger partial charge in [0.25, 0.3) is 0 Å². The van der Waals surface area contributed by atoms with Gasteiger partial charge in [0.2, 0.25) is 0 Å². The van der Waals surface area contributed by atoms with Gasteiger partial charge in [-0.3, -0.25) is 0 Å². The summed E-state index contributed by atoms with van der Waals surface area (Å²) in [7, 11) is 0. The van der Waals surface area contributed by atoms with Crippen LogP contribution >= 0.6 is 12.4 Å². The third-order valence-corrected chi connectivity index (χ3v) is 0. The van der Waals surface area contributed by atoms with Gasteiger partial charge in [-0.05, 0) is 0 Å². The predicted octanol–water partition coefficient (Wildman–Crippen LogP) is -8.87. The normalized spacial score (nSPS) is 0. The molecule has 4 nitrogen and oxygen atoms in total. The Hall–Kier alpha value is 1.42. The Morgan fingerprint density at radius 2 is 0.571 bits per heavy atom. The zero-order valence-electron chi connectivity index (χ0n) is 3.79. The van der Waals surface area contributed by atoms with Crippen LogP contribution in [-0.4, -0.2) is 21.9 Å². The summed E-state index contributed by atoms with van der Waals surface area (Å²) in [5.41, 5.74) is 0. The molecule has 0 bridgehead atoms. The first-order valence-corrected chi connectivity index (χ1v) is 0. The molecule has 8 N–H and O–H groups in total. The minimum atomic E-state index is 0. The number of rotatable bonds is 0. The van der Waals surface area contributed by atoms with E-state index in [-0.39, 0.29) is 76.3 Å². The summed E-state index contributed by atoms with van der Waals surface area (Å²) in [5.74, 6) is 0. The van der Waals surface area contributed by atoms with Crippen molar-refractivity contribution >= 4 is 12.4 Å². The molecule has 7 heteroatoms. The zero-order chi connectivity index (χ0) is 0. The van der Waals surface area contributed by atoms with Crippen LogP contribution in [0.25, 0.3) is 0 Å². The molecule has 0 unspecified atom stereocenters. The molecule has 0 aliphatic heterocycles. The SMILES string of the molecule is Cl.O.O.O.O.[Cl-].[Na+]. The smallest absolute Gasteiger partial charge is 1.00 e. The van der Waals surface area contributed by atoms with Crippen LogP contribution < -0.4 is 42.0 Å². The maximum Gasteiger partial charge on any atom is 1.00 e. The second-order valence-corrected chi connectivity index (χ2v) is 0. The second-order valence-electron chi connectivity index (χ2n) is 0. The Balaban J connectivity index is 0. The summed E-state index contributed by atoms with van der Waals surface area (Å²) >= 11 is 0. The summed E-state index contributed by atoms with van der Waals surface area (Å²) in [6, 6.07) is 0. The van der Waals surface area contributed by atoms with E-state index in [9.17, 15) is 0 Å². The fraction of sp³-hybridized carbons (Fsp3) is 0. The topological polar surface area (TPSA) is 126 Å². The summed E-state index contributed by atoms with van der Waals surface area (Å²) in [6.45, 7) is 0. The molecule has 0 amide bonds. The van der Waals surface area contributed by atoms with Gasteiger partial charge < -0.3 is 34.3 Å². The monoisotopic (exact) mass is 166 g/mol. The largest absolute Gasteiger partial charge is 1.00 e. The Kier molecular flexibility index (Phi) is 4980. The fourth-order valence-electron chi connectivity index (χ4n) is 0. The molecule has 0 aliphatic rings. The van der Waals surface area contributed by atoms with E-state index in [1.54, 1.807) is 0 Å². The number of halogens is 2. The molecule has 0 aromatic rings. The average Bonchev–Trinajstić information content (AvgIpc) is 0. The molecule has 7 heavy (non-hydrogen) atoms. The van der Waals surface area contributed by atoms with Gasteiger partial charge in [-0.1, -0.05) is 0 Å². The second kappa shape index (κ2) is 152. The van der Waals surface area contributed by atoms with Crippen LogP contribution in [0.4, 0.5) is 0 Å². The quantitative estimate of drug-likeness (QED) is 0.317. The van der Waals surface area contributed by atoms with Gasteiger partial charge in [-0.25, -0.2) is 0 Å². The molecule has 0 aliphatic carbocycles. The van der Waals surface area contributed by atoms with Gasteiger partial charge in [0.15, 0.2) is 0 Å². The predicted molar refractivity (Wildman–Crippen MR) is 21.7 cm³/mol. The molecule has 0 radical (unpaired) electrons. The molecule has 0 heterocycles. The molecule has 0 aromatic heterocycles. The first-order chi connectivity index (χ1) is 0. The summed E-state index contributed by atoms with van der Waals surface area (Å²) in [5, 5.41) is 0. The van der Waals surface area contributed by atoms with Crippen molar-refractivity contribution in [3.05, 3.63) is 0 Å². The van der Waals surface area contributed by atoms with Crippen LogP contribution in [0.2, 0.25) is 0 Å². The minimum Gasteiger partial charge on any atom is -1.00 e. The molecule has 48 valence electrons. The first kappa shape index (κ1) is 230. The molecular weight excluding hydrogens is 158 g/mol. The average molecular weight is 167 g/mol. The Morgan fingerprint density at radius 3 is 0.571 bits per heavy atom. The van der Waals surface area contributed by atoms with E-state index in [0.717, 1.165) is 0 Å². The maximum atomic E-state index is 0. The molecule has 0 aromatic carbocycles. The van der Waals surface area contributed by atoms with E-state index in [1.807, 2.05) is 0 Å². The number of hydrogen-bond acceptors (Lipinski definition) is 0. The Labute approximate surface area is 76.0 Å². The fourth-order valence-corrected chi connectivity index (χ4v) is 0. The molecule has 0 atom stereocenters. The van der Waals surface area contributed by atoms with Crippen molar-refractivity contribution in [1.29, 1.82) is 0 Å². The van der Waals surface area contributed by atoms with E-state index in [1.165, 1.54) is 0 Å². The van der Waals surface area contributed by atoms with Crippen LogP contribution in [0.5, 0.6) is 0 Å². The van der Waals surface area contributed by atoms with Gasteiger partial charge >= 0.3 is 29.6 Å². The molecule has 0 saturated carbocycles. The molecule has 0 rings (SSSR count). The Morgan fingerprint density at radius 1 is 0.571 bits per heavy atom. The summed E-state index contributed by atoms with van der Waals surface area (Å²) in [6.07, 6.45) is 0. The maximum absolute atomic E-state index is 0. The van der Waals surface area contributed by atoms with E-state index >= 15 is 0 Å². The Bertz CT molecular complexity index is 9.65. The van der Waals surface area contributed by atoms with Crippen LogP contribution in [0.1, 0.15) is 0 Å². The van der Waals surface area contributed by atoms with Crippen molar-refractivity contribution in [3.8, 4) is 0 Å². The van der Waals surface area contributed by atoms with E-state index < -0.39 is 0 Å². The summed E-state index contributed by atoms with van der Waals surface area (Å²) in [4.78, 5) is 0. The van der Waals surface area contributed by atoms with Crippen molar-refractivity contribution in [3.63, 3.8) is 0 Å². The molecule has 0 fully saturated rings.